The molecular formula is C13H15BrN4O3. The fourth-order valence-electron chi connectivity index (χ4n) is 2.03. The summed E-state index contributed by atoms with van der Waals surface area (Å²) in [7, 11) is 1.58. The molecule has 8 heteroatoms. The molecule has 0 fully saturated rings. The van der Waals surface area contributed by atoms with E-state index in [9.17, 15) is 4.79 Å². The molecule has 0 aliphatic carbocycles. The van der Waals surface area contributed by atoms with Gasteiger partial charge in [0.2, 0.25) is 0 Å². The average Bonchev–Trinajstić information content (AvgIpc) is 2.85. The Bertz CT molecular complexity index is 644. The minimum Gasteiger partial charge on any atom is -0.496 e. The van der Waals surface area contributed by atoms with Gasteiger partial charge in [0.1, 0.15) is 5.75 Å². The highest BCUT2D eigenvalue weighted by Gasteiger charge is 2.17. The average molecular weight is 355 g/mol. The molecule has 1 atom stereocenters. The summed E-state index contributed by atoms with van der Waals surface area (Å²) in [6.45, 7) is 2.27. The maximum Gasteiger partial charge on any atom is 0.303 e. The van der Waals surface area contributed by atoms with Crippen LogP contribution < -0.4 is 4.74 Å². The largest absolute Gasteiger partial charge is 0.496 e. The van der Waals surface area contributed by atoms with E-state index in [0.717, 1.165) is 10.0 Å². The maximum atomic E-state index is 10.7. The lowest BCUT2D eigenvalue weighted by Crippen LogP contribution is -2.14. The number of carboxylic acids is 1. The first-order chi connectivity index (χ1) is 10.0. The highest BCUT2D eigenvalue weighted by atomic mass is 79.9. The normalized spacial score (nSPS) is 12.1. The van der Waals surface area contributed by atoms with Crippen molar-refractivity contribution >= 4 is 21.9 Å². The van der Waals surface area contributed by atoms with Crippen molar-refractivity contribution in [1.29, 1.82) is 0 Å². The minimum atomic E-state index is -0.835. The van der Waals surface area contributed by atoms with Gasteiger partial charge in [-0.2, -0.15) is 0 Å². The quantitative estimate of drug-likeness (QED) is 0.855. The van der Waals surface area contributed by atoms with Crippen molar-refractivity contribution in [2.24, 2.45) is 5.92 Å². The number of carbonyl (C=O) groups is 1. The number of benzene rings is 1. The molecule has 0 aliphatic heterocycles. The molecular weight excluding hydrogens is 340 g/mol. The summed E-state index contributed by atoms with van der Waals surface area (Å²) in [6.07, 6.45) is 0.0662. The second-order valence-electron chi connectivity index (χ2n) is 4.73. The highest BCUT2D eigenvalue weighted by molar-refractivity contribution is 9.10. The number of tetrazole rings is 1. The molecule has 21 heavy (non-hydrogen) atoms. The molecule has 0 spiro atoms. The van der Waals surface area contributed by atoms with Crippen LogP contribution in [-0.4, -0.2) is 38.4 Å². The van der Waals surface area contributed by atoms with E-state index in [1.165, 1.54) is 0 Å². The van der Waals surface area contributed by atoms with Crippen LogP contribution in [0.3, 0.4) is 0 Å². The summed E-state index contributed by atoms with van der Waals surface area (Å²) in [4.78, 5) is 10.7. The Balaban J connectivity index is 2.30. The van der Waals surface area contributed by atoms with Gasteiger partial charge in [-0.1, -0.05) is 22.9 Å². The molecule has 0 saturated carbocycles. The standard InChI is InChI=1S/C13H15BrN4O3/c1-8(5-12(19)20)7-18-13(15-16-17-18)10-4-3-9(14)6-11(10)21-2/h3-4,6,8H,5,7H2,1-2H3,(H,19,20). The summed E-state index contributed by atoms with van der Waals surface area (Å²) in [5.41, 5.74) is 0.758. The molecule has 1 unspecified atom stereocenters. The fraction of sp³-hybridized carbons (Fsp3) is 0.385. The van der Waals surface area contributed by atoms with Crippen LogP contribution in [0.4, 0.5) is 0 Å². The Morgan fingerprint density at radius 2 is 2.29 bits per heavy atom. The van der Waals surface area contributed by atoms with E-state index in [0.29, 0.717) is 18.1 Å². The molecule has 0 saturated heterocycles. The van der Waals surface area contributed by atoms with Crippen molar-refractivity contribution in [2.45, 2.75) is 19.9 Å². The van der Waals surface area contributed by atoms with E-state index >= 15 is 0 Å². The topological polar surface area (TPSA) is 90.1 Å². The maximum absolute atomic E-state index is 10.7. The SMILES string of the molecule is COc1cc(Br)ccc1-c1nnnn1CC(C)CC(=O)O. The third-order valence-corrected chi connectivity index (χ3v) is 3.44. The molecule has 112 valence electrons. The molecule has 0 aliphatic rings. The number of rotatable bonds is 6. The van der Waals surface area contributed by atoms with Gasteiger partial charge < -0.3 is 9.84 Å². The number of halogens is 1. The molecule has 2 rings (SSSR count). The number of hydrogen-bond acceptors (Lipinski definition) is 5. The monoisotopic (exact) mass is 354 g/mol. The highest BCUT2D eigenvalue weighted by Crippen LogP contribution is 2.31. The van der Waals surface area contributed by atoms with Crippen LogP contribution in [0, 0.1) is 5.92 Å². The Kier molecular flexibility index (Phi) is 4.89. The van der Waals surface area contributed by atoms with Gasteiger partial charge in [-0.25, -0.2) is 4.68 Å². The summed E-state index contributed by atoms with van der Waals surface area (Å²) < 4.78 is 7.83. The van der Waals surface area contributed by atoms with Crippen LogP contribution in [-0.2, 0) is 11.3 Å². The Labute approximate surface area is 130 Å². The van der Waals surface area contributed by atoms with E-state index in [4.69, 9.17) is 9.84 Å². The predicted octanol–water partition coefficient (Wildman–Crippen LogP) is 2.22. The lowest BCUT2D eigenvalue weighted by atomic mass is 10.1. The first-order valence-electron chi connectivity index (χ1n) is 6.33. The van der Waals surface area contributed by atoms with Crippen LogP contribution in [0.1, 0.15) is 13.3 Å². The van der Waals surface area contributed by atoms with Crippen molar-refractivity contribution in [3.8, 4) is 17.1 Å². The van der Waals surface area contributed by atoms with Gasteiger partial charge in [-0.15, -0.1) is 5.10 Å². The van der Waals surface area contributed by atoms with Gasteiger partial charge in [0, 0.05) is 17.4 Å². The minimum absolute atomic E-state index is 0.0662. The Morgan fingerprint density at radius 3 is 2.95 bits per heavy atom. The van der Waals surface area contributed by atoms with Crippen molar-refractivity contribution < 1.29 is 14.6 Å². The number of hydrogen-bond donors (Lipinski definition) is 1. The molecule has 1 N–H and O–H groups in total. The lowest BCUT2D eigenvalue weighted by molar-refractivity contribution is -0.138. The smallest absolute Gasteiger partial charge is 0.303 e. The van der Waals surface area contributed by atoms with Gasteiger partial charge in [0.25, 0.3) is 0 Å². The summed E-state index contributed by atoms with van der Waals surface area (Å²) >= 11 is 3.38. The second-order valence-corrected chi connectivity index (χ2v) is 5.65. The Morgan fingerprint density at radius 1 is 1.52 bits per heavy atom. The van der Waals surface area contributed by atoms with E-state index in [2.05, 4.69) is 31.5 Å². The molecule has 1 aromatic heterocycles. The summed E-state index contributed by atoms with van der Waals surface area (Å²) in [5, 5.41) is 20.5. The molecule has 1 aromatic carbocycles. The van der Waals surface area contributed by atoms with Gasteiger partial charge >= 0.3 is 5.97 Å². The van der Waals surface area contributed by atoms with Gasteiger partial charge in [0.05, 0.1) is 12.7 Å². The number of aliphatic carboxylic acids is 1. The molecule has 0 bridgehead atoms. The third kappa shape index (κ3) is 3.78. The lowest BCUT2D eigenvalue weighted by Gasteiger charge is -2.12. The number of carboxylic acid groups (broad SMARTS) is 1. The van der Waals surface area contributed by atoms with E-state index in [1.807, 2.05) is 25.1 Å². The zero-order valence-electron chi connectivity index (χ0n) is 11.7. The van der Waals surface area contributed by atoms with Crippen molar-refractivity contribution in [3.63, 3.8) is 0 Å². The van der Waals surface area contributed by atoms with Crippen LogP contribution >= 0.6 is 15.9 Å². The number of ether oxygens (including phenoxy) is 1. The van der Waals surface area contributed by atoms with E-state index < -0.39 is 5.97 Å². The van der Waals surface area contributed by atoms with Gasteiger partial charge in [0.15, 0.2) is 5.82 Å². The Hall–Kier alpha value is -1.96. The molecule has 0 radical (unpaired) electrons. The van der Waals surface area contributed by atoms with Crippen LogP contribution in [0.15, 0.2) is 22.7 Å². The van der Waals surface area contributed by atoms with Gasteiger partial charge in [-0.05, 0) is 34.5 Å². The molecule has 2 aromatic rings. The zero-order chi connectivity index (χ0) is 15.4. The molecule has 7 nitrogen and oxygen atoms in total. The van der Waals surface area contributed by atoms with E-state index in [1.54, 1.807) is 11.8 Å². The van der Waals surface area contributed by atoms with Crippen molar-refractivity contribution in [3.05, 3.63) is 22.7 Å². The summed E-state index contributed by atoms with van der Waals surface area (Å²) in [5.74, 6) is 0.285. The number of aromatic nitrogens is 4. The van der Waals surface area contributed by atoms with Crippen LogP contribution in [0.2, 0.25) is 0 Å². The zero-order valence-corrected chi connectivity index (χ0v) is 13.2. The fourth-order valence-corrected chi connectivity index (χ4v) is 2.37. The van der Waals surface area contributed by atoms with E-state index in [-0.39, 0.29) is 12.3 Å². The molecule has 1 heterocycles. The van der Waals surface area contributed by atoms with Crippen molar-refractivity contribution in [1.82, 2.24) is 20.2 Å². The van der Waals surface area contributed by atoms with Gasteiger partial charge in [-0.3, -0.25) is 4.79 Å². The molecule has 0 amide bonds. The van der Waals surface area contributed by atoms with Crippen LogP contribution in [0.25, 0.3) is 11.4 Å². The number of nitrogens with zero attached hydrogens (tertiary/aromatic N) is 4. The first-order valence-corrected chi connectivity index (χ1v) is 7.12. The predicted molar refractivity (Wildman–Crippen MR) is 78.9 cm³/mol. The summed E-state index contributed by atoms with van der Waals surface area (Å²) in [6, 6.07) is 5.56. The van der Waals surface area contributed by atoms with Crippen molar-refractivity contribution in [2.75, 3.05) is 7.11 Å². The third-order valence-electron chi connectivity index (χ3n) is 2.94. The number of methoxy groups -OCH3 is 1. The first kappa shape index (κ1) is 15.4. The second kappa shape index (κ2) is 6.66. The van der Waals surface area contributed by atoms with Crippen LogP contribution in [0.5, 0.6) is 5.75 Å².